The van der Waals surface area contributed by atoms with Gasteiger partial charge in [0, 0.05) is 18.7 Å². The number of hydrogen-bond acceptors (Lipinski definition) is 4. The summed E-state index contributed by atoms with van der Waals surface area (Å²) in [5.74, 6) is 0.0528. The topological polar surface area (TPSA) is 99.7 Å². The smallest absolute Gasteiger partial charge is 0.233 e. The highest BCUT2D eigenvalue weighted by Gasteiger charge is 2.02. The fraction of sp³-hybridized carbons (Fsp3) is 0.385. The molecule has 1 aromatic rings. The molecule has 1 aromatic carbocycles. The monoisotopic (exact) mass is 264 g/mol. The second-order valence-corrected chi connectivity index (χ2v) is 4.14. The normalized spacial score (nSPS) is 11.3. The molecule has 0 saturated carbocycles. The number of carbonyl (C=O) groups is 1. The molecule has 6 heteroatoms. The first kappa shape index (κ1) is 15.0. The van der Waals surface area contributed by atoms with Crippen LogP contribution in [0.4, 0.5) is 0 Å². The minimum Gasteiger partial charge on any atom is -0.409 e. The van der Waals surface area contributed by atoms with E-state index in [1.54, 1.807) is 6.07 Å². The summed E-state index contributed by atoms with van der Waals surface area (Å²) < 4.78 is 0. The van der Waals surface area contributed by atoms with Crippen molar-refractivity contribution in [2.75, 3.05) is 13.1 Å². The molecule has 1 rings (SSSR count). The van der Waals surface area contributed by atoms with Crippen molar-refractivity contribution in [2.24, 2.45) is 10.9 Å². The number of rotatable bonds is 7. The molecule has 0 aliphatic carbocycles. The van der Waals surface area contributed by atoms with E-state index in [4.69, 9.17) is 10.9 Å². The Morgan fingerprint density at radius 1 is 1.47 bits per heavy atom. The molecule has 19 heavy (non-hydrogen) atoms. The van der Waals surface area contributed by atoms with Crippen LogP contribution >= 0.6 is 0 Å². The molecule has 1 amide bonds. The third kappa shape index (κ3) is 5.39. The summed E-state index contributed by atoms with van der Waals surface area (Å²) in [6.45, 7) is 3.52. The molecule has 0 atom stereocenters. The first-order chi connectivity index (χ1) is 9.17. The van der Waals surface area contributed by atoms with Crippen molar-refractivity contribution in [1.29, 1.82) is 0 Å². The van der Waals surface area contributed by atoms with Crippen molar-refractivity contribution in [3.8, 4) is 0 Å². The maximum Gasteiger partial charge on any atom is 0.233 e. The Bertz CT molecular complexity index is 446. The van der Waals surface area contributed by atoms with Crippen molar-refractivity contribution < 1.29 is 10.0 Å². The predicted molar refractivity (Wildman–Crippen MR) is 74.0 cm³/mol. The number of benzene rings is 1. The van der Waals surface area contributed by atoms with E-state index in [1.165, 1.54) is 0 Å². The van der Waals surface area contributed by atoms with Crippen LogP contribution in [0.25, 0.3) is 0 Å². The number of oxime groups is 1. The molecule has 0 aliphatic rings. The van der Waals surface area contributed by atoms with Crippen LogP contribution in [0.1, 0.15) is 24.5 Å². The number of carbonyl (C=O) groups excluding carboxylic acids is 1. The quantitative estimate of drug-likeness (QED) is 0.248. The molecule has 0 spiro atoms. The zero-order valence-electron chi connectivity index (χ0n) is 11.0. The van der Waals surface area contributed by atoms with Gasteiger partial charge in [-0.3, -0.25) is 4.79 Å². The minimum atomic E-state index is -0.0190. The SMILES string of the molecule is CCCNC(=O)CNCc1cccc(C(N)=NO)c1. The molecule has 0 fully saturated rings. The number of nitrogens with two attached hydrogens (primary N) is 1. The van der Waals surface area contributed by atoms with E-state index in [1.807, 2.05) is 25.1 Å². The average molecular weight is 264 g/mol. The van der Waals surface area contributed by atoms with E-state index in [2.05, 4.69) is 15.8 Å². The van der Waals surface area contributed by atoms with E-state index in [0.29, 0.717) is 18.7 Å². The number of amidine groups is 1. The molecular formula is C13H20N4O2. The molecule has 104 valence electrons. The van der Waals surface area contributed by atoms with Gasteiger partial charge in [-0.25, -0.2) is 0 Å². The van der Waals surface area contributed by atoms with E-state index in [-0.39, 0.29) is 18.3 Å². The van der Waals surface area contributed by atoms with Gasteiger partial charge in [0.15, 0.2) is 5.84 Å². The molecule has 0 unspecified atom stereocenters. The van der Waals surface area contributed by atoms with E-state index < -0.39 is 0 Å². The predicted octanol–water partition coefficient (Wildman–Crippen LogP) is 0.397. The number of hydrogen-bond donors (Lipinski definition) is 4. The largest absolute Gasteiger partial charge is 0.409 e. The van der Waals surface area contributed by atoms with Crippen LogP contribution in [-0.4, -0.2) is 30.0 Å². The third-order valence-corrected chi connectivity index (χ3v) is 2.52. The van der Waals surface area contributed by atoms with Gasteiger partial charge in [-0.15, -0.1) is 0 Å². The van der Waals surface area contributed by atoms with Crippen molar-refractivity contribution in [2.45, 2.75) is 19.9 Å². The summed E-state index contributed by atoms with van der Waals surface area (Å²) in [6, 6.07) is 7.30. The average Bonchev–Trinajstić information content (AvgIpc) is 2.44. The van der Waals surface area contributed by atoms with Gasteiger partial charge in [0.25, 0.3) is 0 Å². The lowest BCUT2D eigenvalue weighted by molar-refractivity contribution is -0.120. The Kier molecular flexibility index (Phi) is 6.38. The first-order valence-electron chi connectivity index (χ1n) is 6.21. The van der Waals surface area contributed by atoms with Crippen LogP contribution in [0, 0.1) is 0 Å². The van der Waals surface area contributed by atoms with Gasteiger partial charge in [0.1, 0.15) is 0 Å². The summed E-state index contributed by atoms with van der Waals surface area (Å²) in [5, 5.41) is 17.4. The zero-order valence-corrected chi connectivity index (χ0v) is 11.0. The molecule has 0 bridgehead atoms. The molecule has 0 aromatic heterocycles. The van der Waals surface area contributed by atoms with E-state index in [9.17, 15) is 4.79 Å². The van der Waals surface area contributed by atoms with Crippen molar-refractivity contribution in [3.63, 3.8) is 0 Å². The van der Waals surface area contributed by atoms with E-state index >= 15 is 0 Å². The Morgan fingerprint density at radius 2 is 2.26 bits per heavy atom. The van der Waals surface area contributed by atoms with Gasteiger partial charge in [0.05, 0.1) is 6.54 Å². The van der Waals surface area contributed by atoms with Crippen molar-refractivity contribution >= 4 is 11.7 Å². The second-order valence-electron chi connectivity index (χ2n) is 4.14. The fourth-order valence-corrected chi connectivity index (χ4v) is 1.55. The van der Waals surface area contributed by atoms with Crippen LogP contribution in [0.3, 0.4) is 0 Å². The highest BCUT2D eigenvalue weighted by atomic mass is 16.4. The molecule has 0 radical (unpaired) electrons. The molecule has 0 heterocycles. The van der Waals surface area contributed by atoms with Gasteiger partial charge in [-0.1, -0.05) is 30.3 Å². The van der Waals surface area contributed by atoms with Crippen molar-refractivity contribution in [3.05, 3.63) is 35.4 Å². The first-order valence-corrected chi connectivity index (χ1v) is 6.21. The highest BCUT2D eigenvalue weighted by molar-refractivity contribution is 5.97. The van der Waals surface area contributed by atoms with Gasteiger partial charge in [-0.05, 0) is 18.1 Å². The van der Waals surface area contributed by atoms with Gasteiger partial charge in [0.2, 0.25) is 5.91 Å². The lowest BCUT2D eigenvalue weighted by Gasteiger charge is -2.07. The number of amides is 1. The maximum atomic E-state index is 11.4. The van der Waals surface area contributed by atoms with E-state index in [0.717, 1.165) is 12.0 Å². The van der Waals surface area contributed by atoms with Crippen LogP contribution in [0.5, 0.6) is 0 Å². The van der Waals surface area contributed by atoms with Gasteiger partial charge >= 0.3 is 0 Å². The summed E-state index contributed by atoms with van der Waals surface area (Å²) >= 11 is 0. The second kappa shape index (κ2) is 8.10. The molecule has 0 aliphatic heterocycles. The Balaban J connectivity index is 2.43. The summed E-state index contributed by atoms with van der Waals surface area (Å²) in [6.07, 6.45) is 0.924. The van der Waals surface area contributed by atoms with Crippen LogP contribution in [0.15, 0.2) is 29.4 Å². The lowest BCUT2D eigenvalue weighted by Crippen LogP contribution is -2.33. The maximum absolute atomic E-state index is 11.4. The standard InChI is InChI=1S/C13H20N4O2/c1-2-6-16-12(18)9-15-8-10-4-3-5-11(7-10)13(14)17-19/h3-5,7,15,19H,2,6,8-9H2,1H3,(H2,14,17)(H,16,18). The highest BCUT2D eigenvalue weighted by Crippen LogP contribution is 2.04. The zero-order chi connectivity index (χ0) is 14.1. The number of nitrogens with zero attached hydrogens (tertiary/aromatic N) is 1. The van der Waals surface area contributed by atoms with Crippen molar-refractivity contribution in [1.82, 2.24) is 10.6 Å². The summed E-state index contributed by atoms with van der Waals surface area (Å²) in [5.41, 5.74) is 7.13. The molecule has 0 saturated heterocycles. The van der Waals surface area contributed by atoms with Crippen LogP contribution in [0.2, 0.25) is 0 Å². The Hall–Kier alpha value is -2.08. The molecule has 5 N–H and O–H groups in total. The van der Waals surface area contributed by atoms with Crippen LogP contribution in [-0.2, 0) is 11.3 Å². The van der Waals surface area contributed by atoms with Gasteiger partial charge in [-0.2, -0.15) is 0 Å². The fourth-order valence-electron chi connectivity index (χ4n) is 1.55. The van der Waals surface area contributed by atoms with Crippen LogP contribution < -0.4 is 16.4 Å². The molecule has 6 nitrogen and oxygen atoms in total. The number of nitrogens with one attached hydrogen (secondary N) is 2. The third-order valence-electron chi connectivity index (χ3n) is 2.52. The lowest BCUT2D eigenvalue weighted by atomic mass is 10.1. The minimum absolute atomic E-state index is 0.0190. The summed E-state index contributed by atoms with van der Waals surface area (Å²) in [7, 11) is 0. The Morgan fingerprint density at radius 3 is 2.95 bits per heavy atom. The Labute approximate surface area is 112 Å². The van der Waals surface area contributed by atoms with Gasteiger partial charge < -0.3 is 21.6 Å². The summed E-state index contributed by atoms with van der Waals surface area (Å²) in [4.78, 5) is 11.4. The molecular weight excluding hydrogens is 244 g/mol.